The normalized spacial score (nSPS) is 12.7. The molecule has 3 nitrogen and oxygen atoms in total. The van der Waals surface area contributed by atoms with Crippen molar-refractivity contribution in [2.75, 3.05) is 7.11 Å². The zero-order valence-electron chi connectivity index (χ0n) is 9.27. The quantitative estimate of drug-likeness (QED) is 0.912. The third-order valence-corrected chi connectivity index (χ3v) is 4.29. The summed E-state index contributed by atoms with van der Waals surface area (Å²) >= 11 is 3.30. The van der Waals surface area contributed by atoms with Crippen molar-refractivity contribution in [1.82, 2.24) is 4.98 Å². The molecule has 16 heavy (non-hydrogen) atoms. The van der Waals surface area contributed by atoms with Crippen LogP contribution in [0.4, 0.5) is 0 Å². The molecular weight excluding hydrogens is 240 g/mol. The van der Waals surface area contributed by atoms with Crippen LogP contribution in [0.1, 0.15) is 21.6 Å². The lowest BCUT2D eigenvalue weighted by atomic mass is 10.2. The number of thiophene rings is 1. The molecule has 0 radical (unpaired) electrons. The molecule has 5 heteroatoms. The number of nitrogens with zero attached hydrogens (tertiary/aromatic N) is 1. The summed E-state index contributed by atoms with van der Waals surface area (Å²) in [5, 5.41) is 5.13. The first kappa shape index (κ1) is 11.6. The molecule has 2 aromatic heterocycles. The van der Waals surface area contributed by atoms with Gasteiger partial charge in [0.25, 0.3) is 0 Å². The fourth-order valence-corrected chi connectivity index (χ4v) is 3.22. The summed E-state index contributed by atoms with van der Waals surface area (Å²) in [6.07, 6.45) is 0.773. The summed E-state index contributed by atoms with van der Waals surface area (Å²) in [7, 11) is 1.67. The number of hydrogen-bond donors (Lipinski definition) is 1. The summed E-state index contributed by atoms with van der Waals surface area (Å²) < 4.78 is 5.26. The number of hydrogen-bond acceptors (Lipinski definition) is 5. The van der Waals surface area contributed by atoms with Crippen LogP contribution in [0.25, 0.3) is 0 Å². The summed E-state index contributed by atoms with van der Waals surface area (Å²) in [5.74, 6) is 0.880. The van der Waals surface area contributed by atoms with Gasteiger partial charge in [0, 0.05) is 23.5 Å². The van der Waals surface area contributed by atoms with Crippen molar-refractivity contribution in [3.8, 4) is 5.75 Å². The van der Waals surface area contributed by atoms with Crippen molar-refractivity contribution in [2.45, 2.75) is 19.4 Å². The van der Waals surface area contributed by atoms with Crippen LogP contribution < -0.4 is 10.5 Å². The number of methoxy groups -OCH3 is 1. The molecule has 0 aliphatic heterocycles. The summed E-state index contributed by atoms with van der Waals surface area (Å²) in [4.78, 5) is 5.51. The summed E-state index contributed by atoms with van der Waals surface area (Å²) in [5.41, 5.74) is 7.21. The average Bonchev–Trinajstić information content (AvgIpc) is 2.86. The second kappa shape index (κ2) is 4.95. The van der Waals surface area contributed by atoms with Crippen LogP contribution in [0, 0.1) is 6.92 Å². The zero-order chi connectivity index (χ0) is 11.5. The van der Waals surface area contributed by atoms with E-state index in [-0.39, 0.29) is 6.04 Å². The molecule has 1 atom stereocenters. The minimum absolute atomic E-state index is 0.0273. The van der Waals surface area contributed by atoms with E-state index in [1.807, 2.05) is 23.8 Å². The molecule has 0 fully saturated rings. The van der Waals surface area contributed by atoms with Crippen LogP contribution in [-0.2, 0) is 6.42 Å². The Morgan fingerprint density at radius 1 is 1.50 bits per heavy atom. The highest BCUT2D eigenvalue weighted by Gasteiger charge is 2.15. The molecule has 0 aliphatic carbocycles. The van der Waals surface area contributed by atoms with Gasteiger partial charge in [0.15, 0.2) is 0 Å². The maximum Gasteiger partial charge on any atom is 0.134 e. The molecule has 86 valence electrons. The van der Waals surface area contributed by atoms with Gasteiger partial charge in [-0.1, -0.05) is 0 Å². The first-order valence-corrected chi connectivity index (χ1v) is 6.74. The Bertz CT molecular complexity index is 464. The molecule has 0 aromatic carbocycles. The molecule has 0 spiro atoms. The first-order chi connectivity index (χ1) is 7.70. The number of ether oxygens (including phenoxy) is 1. The molecular formula is C11H14N2OS2. The van der Waals surface area contributed by atoms with Crippen molar-refractivity contribution < 1.29 is 4.74 Å². The maximum absolute atomic E-state index is 6.15. The van der Waals surface area contributed by atoms with E-state index in [0.29, 0.717) is 0 Å². The topological polar surface area (TPSA) is 48.1 Å². The number of thiazole rings is 1. The largest absolute Gasteiger partial charge is 0.496 e. The van der Waals surface area contributed by atoms with Crippen LogP contribution in [0.5, 0.6) is 5.75 Å². The van der Waals surface area contributed by atoms with Crippen LogP contribution in [0.15, 0.2) is 16.8 Å². The maximum atomic E-state index is 6.15. The van der Waals surface area contributed by atoms with Gasteiger partial charge >= 0.3 is 0 Å². The van der Waals surface area contributed by atoms with E-state index < -0.39 is 0 Å². The lowest BCUT2D eigenvalue weighted by molar-refractivity contribution is 0.409. The van der Waals surface area contributed by atoms with Crippen molar-refractivity contribution in [2.24, 2.45) is 5.73 Å². The van der Waals surface area contributed by atoms with Gasteiger partial charge in [0.2, 0.25) is 0 Å². The standard InChI is InChI=1S/C11H14N2OS2/c1-7-6-16-10(13-7)5-8(12)11-9(14-2)3-4-15-11/h3-4,6,8H,5,12H2,1-2H3. The lowest BCUT2D eigenvalue weighted by Gasteiger charge is -2.09. The van der Waals surface area contributed by atoms with Crippen molar-refractivity contribution in [3.05, 3.63) is 32.4 Å². The van der Waals surface area contributed by atoms with Crippen LogP contribution >= 0.6 is 22.7 Å². The Kier molecular flexibility index (Phi) is 3.58. The highest BCUT2D eigenvalue weighted by Crippen LogP contribution is 2.31. The van der Waals surface area contributed by atoms with Crippen molar-refractivity contribution in [3.63, 3.8) is 0 Å². The second-order valence-electron chi connectivity index (χ2n) is 3.55. The molecule has 0 aliphatic rings. The summed E-state index contributed by atoms with van der Waals surface area (Å²) in [6, 6.07) is 1.92. The van der Waals surface area contributed by atoms with Crippen molar-refractivity contribution >= 4 is 22.7 Å². The number of aromatic nitrogens is 1. The fourth-order valence-electron chi connectivity index (χ4n) is 1.53. The van der Waals surface area contributed by atoms with Gasteiger partial charge in [-0.15, -0.1) is 22.7 Å². The van der Waals surface area contributed by atoms with E-state index in [4.69, 9.17) is 10.5 Å². The van der Waals surface area contributed by atoms with Gasteiger partial charge in [0.1, 0.15) is 5.75 Å². The Labute approximate surface area is 103 Å². The Morgan fingerprint density at radius 2 is 2.31 bits per heavy atom. The van der Waals surface area contributed by atoms with Gasteiger partial charge in [-0.05, 0) is 18.4 Å². The van der Waals surface area contributed by atoms with Gasteiger partial charge in [-0.3, -0.25) is 0 Å². The minimum Gasteiger partial charge on any atom is -0.496 e. The number of nitrogens with two attached hydrogens (primary N) is 1. The zero-order valence-corrected chi connectivity index (χ0v) is 10.9. The third kappa shape index (κ3) is 2.42. The van der Waals surface area contributed by atoms with Gasteiger partial charge in [-0.2, -0.15) is 0 Å². The van der Waals surface area contributed by atoms with E-state index in [2.05, 4.69) is 4.98 Å². The highest BCUT2D eigenvalue weighted by atomic mass is 32.1. The third-order valence-electron chi connectivity index (χ3n) is 2.28. The van der Waals surface area contributed by atoms with Gasteiger partial charge in [-0.25, -0.2) is 4.98 Å². The van der Waals surface area contributed by atoms with Crippen LogP contribution in [-0.4, -0.2) is 12.1 Å². The molecule has 2 N–H and O–H groups in total. The molecule has 0 bridgehead atoms. The highest BCUT2D eigenvalue weighted by molar-refractivity contribution is 7.10. The van der Waals surface area contributed by atoms with E-state index >= 15 is 0 Å². The SMILES string of the molecule is COc1ccsc1C(N)Cc1nc(C)cs1. The fraction of sp³-hybridized carbons (Fsp3) is 0.364. The van der Waals surface area contributed by atoms with Crippen LogP contribution in [0.3, 0.4) is 0 Å². The molecule has 0 saturated carbocycles. The van der Waals surface area contributed by atoms with E-state index in [1.165, 1.54) is 0 Å². The minimum atomic E-state index is -0.0273. The van der Waals surface area contributed by atoms with Gasteiger partial charge < -0.3 is 10.5 Å². The lowest BCUT2D eigenvalue weighted by Crippen LogP contribution is -2.12. The molecule has 2 aromatic rings. The molecule has 1 unspecified atom stereocenters. The number of rotatable bonds is 4. The second-order valence-corrected chi connectivity index (χ2v) is 5.44. The average molecular weight is 254 g/mol. The van der Waals surface area contributed by atoms with Gasteiger partial charge in [0.05, 0.1) is 17.0 Å². The Hall–Kier alpha value is -0.910. The predicted octanol–water partition coefficient (Wildman–Crippen LogP) is 2.76. The predicted molar refractivity (Wildman–Crippen MR) is 68.4 cm³/mol. The van der Waals surface area contributed by atoms with E-state index in [0.717, 1.165) is 27.7 Å². The van der Waals surface area contributed by atoms with Crippen molar-refractivity contribution in [1.29, 1.82) is 0 Å². The smallest absolute Gasteiger partial charge is 0.134 e. The van der Waals surface area contributed by atoms with E-state index in [9.17, 15) is 0 Å². The number of aryl methyl sites for hydroxylation is 1. The molecule has 2 heterocycles. The molecule has 0 saturated heterocycles. The molecule has 0 amide bonds. The molecule has 2 rings (SSSR count). The van der Waals surface area contributed by atoms with E-state index in [1.54, 1.807) is 29.8 Å². The van der Waals surface area contributed by atoms with Crippen LogP contribution in [0.2, 0.25) is 0 Å². The Balaban J connectivity index is 2.11. The first-order valence-electron chi connectivity index (χ1n) is 4.98. The Morgan fingerprint density at radius 3 is 2.94 bits per heavy atom. The summed E-state index contributed by atoms with van der Waals surface area (Å²) in [6.45, 7) is 2.00. The monoisotopic (exact) mass is 254 g/mol.